The van der Waals surface area contributed by atoms with Gasteiger partial charge in [0.05, 0.1) is 0 Å². The SMILES string of the molecule is Cc1cc(NC(=O)[C@H](C)[S@](=O)Cc2cccc(Cl)c2)no1. The first-order chi connectivity index (χ1) is 9.95. The molecule has 2 rings (SSSR count). The van der Waals surface area contributed by atoms with Crippen LogP contribution < -0.4 is 5.32 Å². The molecule has 21 heavy (non-hydrogen) atoms. The number of halogens is 1. The fourth-order valence-electron chi connectivity index (χ4n) is 1.69. The van der Waals surface area contributed by atoms with E-state index in [0.29, 0.717) is 16.6 Å². The van der Waals surface area contributed by atoms with Crippen molar-refractivity contribution in [3.8, 4) is 0 Å². The number of amides is 1. The van der Waals surface area contributed by atoms with Gasteiger partial charge in [0.25, 0.3) is 0 Å². The minimum absolute atomic E-state index is 0.271. The third-order valence-corrected chi connectivity index (χ3v) is 4.70. The first-order valence-corrected chi connectivity index (χ1v) is 8.07. The van der Waals surface area contributed by atoms with E-state index in [1.807, 2.05) is 6.07 Å². The van der Waals surface area contributed by atoms with Gasteiger partial charge in [-0.25, -0.2) is 0 Å². The van der Waals surface area contributed by atoms with Gasteiger partial charge in [-0.3, -0.25) is 9.00 Å². The highest BCUT2D eigenvalue weighted by molar-refractivity contribution is 7.85. The molecule has 0 saturated carbocycles. The molecule has 2 atom stereocenters. The monoisotopic (exact) mass is 326 g/mol. The van der Waals surface area contributed by atoms with E-state index in [0.717, 1.165) is 5.56 Å². The highest BCUT2D eigenvalue weighted by atomic mass is 35.5. The largest absolute Gasteiger partial charge is 0.360 e. The summed E-state index contributed by atoms with van der Waals surface area (Å²) in [5.74, 6) is 0.832. The molecule has 1 amide bonds. The average molecular weight is 327 g/mol. The summed E-state index contributed by atoms with van der Waals surface area (Å²) < 4.78 is 17.1. The van der Waals surface area contributed by atoms with Crippen molar-refractivity contribution < 1.29 is 13.5 Å². The normalized spacial score (nSPS) is 13.7. The molecule has 2 aromatic rings. The Morgan fingerprint density at radius 2 is 2.24 bits per heavy atom. The van der Waals surface area contributed by atoms with Crippen LogP contribution in [0.5, 0.6) is 0 Å². The molecule has 0 unspecified atom stereocenters. The highest BCUT2D eigenvalue weighted by Gasteiger charge is 2.21. The molecule has 0 radical (unpaired) electrons. The van der Waals surface area contributed by atoms with Crippen LogP contribution in [0.4, 0.5) is 5.82 Å². The molecule has 7 heteroatoms. The first-order valence-electron chi connectivity index (χ1n) is 6.31. The van der Waals surface area contributed by atoms with Crippen LogP contribution in [0, 0.1) is 6.92 Å². The Morgan fingerprint density at radius 1 is 1.48 bits per heavy atom. The number of benzene rings is 1. The summed E-state index contributed by atoms with van der Waals surface area (Å²) in [6.45, 7) is 3.34. The zero-order valence-corrected chi connectivity index (χ0v) is 13.2. The quantitative estimate of drug-likeness (QED) is 0.917. The second-order valence-electron chi connectivity index (χ2n) is 4.61. The Labute approximate surface area is 130 Å². The predicted molar refractivity (Wildman–Crippen MR) is 82.6 cm³/mol. The van der Waals surface area contributed by atoms with Crippen LogP contribution in [0.25, 0.3) is 0 Å². The van der Waals surface area contributed by atoms with Crippen LogP contribution in [0.2, 0.25) is 5.02 Å². The van der Waals surface area contributed by atoms with Gasteiger partial charge in [0, 0.05) is 27.6 Å². The number of nitrogens with zero attached hydrogens (tertiary/aromatic N) is 1. The maximum absolute atomic E-state index is 12.2. The second-order valence-corrected chi connectivity index (χ2v) is 6.80. The molecule has 1 heterocycles. The van der Waals surface area contributed by atoms with E-state index in [1.54, 1.807) is 38.1 Å². The number of nitrogens with one attached hydrogen (secondary N) is 1. The minimum Gasteiger partial charge on any atom is -0.360 e. The fraction of sp³-hybridized carbons (Fsp3) is 0.286. The molecule has 5 nitrogen and oxygen atoms in total. The van der Waals surface area contributed by atoms with Gasteiger partial charge in [-0.1, -0.05) is 28.9 Å². The molecule has 0 spiro atoms. The Balaban J connectivity index is 1.96. The molecule has 0 fully saturated rings. The van der Waals surface area contributed by atoms with Crippen LogP contribution in [0.15, 0.2) is 34.9 Å². The number of hydrogen-bond donors (Lipinski definition) is 1. The van der Waals surface area contributed by atoms with E-state index in [-0.39, 0.29) is 11.7 Å². The minimum atomic E-state index is -1.35. The Morgan fingerprint density at radius 3 is 2.86 bits per heavy atom. The molecule has 0 aliphatic carbocycles. The third kappa shape index (κ3) is 4.41. The van der Waals surface area contributed by atoms with Crippen molar-refractivity contribution in [2.75, 3.05) is 5.32 Å². The van der Waals surface area contributed by atoms with Gasteiger partial charge in [-0.2, -0.15) is 0 Å². The number of rotatable bonds is 5. The second kappa shape index (κ2) is 6.87. The predicted octanol–water partition coefficient (Wildman–Crippen LogP) is 2.91. The smallest absolute Gasteiger partial charge is 0.241 e. The molecule has 0 aliphatic heterocycles. The molecule has 1 aromatic heterocycles. The van der Waals surface area contributed by atoms with Crippen LogP contribution in [-0.4, -0.2) is 20.5 Å². The summed E-state index contributed by atoms with van der Waals surface area (Å²) >= 11 is 5.88. The maximum Gasteiger partial charge on any atom is 0.241 e. The van der Waals surface area contributed by atoms with Gasteiger partial charge in [0.1, 0.15) is 11.0 Å². The van der Waals surface area contributed by atoms with Crippen LogP contribution >= 0.6 is 11.6 Å². The number of aryl methyl sites for hydroxylation is 1. The van der Waals surface area contributed by atoms with Gasteiger partial charge in [0.15, 0.2) is 5.82 Å². The zero-order valence-electron chi connectivity index (χ0n) is 11.6. The van der Waals surface area contributed by atoms with E-state index >= 15 is 0 Å². The van der Waals surface area contributed by atoms with Crippen molar-refractivity contribution in [2.24, 2.45) is 0 Å². The number of aromatic nitrogens is 1. The lowest BCUT2D eigenvalue weighted by molar-refractivity contribution is -0.115. The van der Waals surface area contributed by atoms with Gasteiger partial charge < -0.3 is 9.84 Å². The van der Waals surface area contributed by atoms with Crippen LogP contribution in [0.3, 0.4) is 0 Å². The molecule has 1 N–H and O–H groups in total. The molecule has 0 aliphatic rings. The summed E-state index contributed by atoms with van der Waals surface area (Å²) in [5.41, 5.74) is 0.831. The Kier molecular flexibility index (Phi) is 5.14. The molecular formula is C14H15ClN2O3S. The van der Waals surface area contributed by atoms with Crippen LogP contribution in [-0.2, 0) is 21.3 Å². The summed E-state index contributed by atoms with van der Waals surface area (Å²) in [7, 11) is -1.35. The first kappa shape index (κ1) is 15.7. The molecule has 1 aromatic carbocycles. The molecule has 112 valence electrons. The molecule has 0 bridgehead atoms. The van der Waals surface area contributed by atoms with Gasteiger partial charge in [-0.15, -0.1) is 0 Å². The van der Waals surface area contributed by atoms with Crippen molar-refractivity contribution in [1.29, 1.82) is 0 Å². The standard InChI is InChI=1S/C14H15ClN2O3S/c1-9-6-13(17-20-9)16-14(18)10(2)21(19)8-11-4-3-5-12(15)7-11/h3-7,10H,8H2,1-2H3,(H,16,17,18)/t10-,21+/m0/s1. The van der Waals surface area contributed by atoms with E-state index < -0.39 is 16.0 Å². The van der Waals surface area contributed by atoms with E-state index in [4.69, 9.17) is 16.1 Å². The van der Waals surface area contributed by atoms with Crippen LogP contribution in [0.1, 0.15) is 18.2 Å². The van der Waals surface area contributed by atoms with Crippen molar-refractivity contribution in [1.82, 2.24) is 5.16 Å². The zero-order chi connectivity index (χ0) is 15.4. The highest BCUT2D eigenvalue weighted by Crippen LogP contribution is 2.15. The van der Waals surface area contributed by atoms with Gasteiger partial charge in [0.2, 0.25) is 5.91 Å². The number of anilines is 1. The number of hydrogen-bond acceptors (Lipinski definition) is 4. The van der Waals surface area contributed by atoms with E-state index in [9.17, 15) is 9.00 Å². The summed E-state index contributed by atoms with van der Waals surface area (Å²) in [6.07, 6.45) is 0. The lowest BCUT2D eigenvalue weighted by atomic mass is 10.2. The molecule has 0 saturated heterocycles. The fourth-order valence-corrected chi connectivity index (χ4v) is 2.96. The summed E-state index contributed by atoms with van der Waals surface area (Å²) in [6, 6.07) is 8.71. The van der Waals surface area contributed by atoms with Crippen molar-refractivity contribution in [3.63, 3.8) is 0 Å². The number of carbonyl (C=O) groups is 1. The lowest BCUT2D eigenvalue weighted by Gasteiger charge is -2.10. The van der Waals surface area contributed by atoms with Crippen molar-refractivity contribution in [2.45, 2.75) is 24.9 Å². The summed E-state index contributed by atoms with van der Waals surface area (Å²) in [5, 5.41) is 6.16. The Bertz CT molecular complexity index is 672. The lowest BCUT2D eigenvalue weighted by Crippen LogP contribution is -2.29. The van der Waals surface area contributed by atoms with Crippen molar-refractivity contribution >= 4 is 34.1 Å². The topological polar surface area (TPSA) is 72.2 Å². The van der Waals surface area contributed by atoms with Crippen molar-refractivity contribution in [3.05, 3.63) is 46.7 Å². The average Bonchev–Trinajstić information content (AvgIpc) is 2.83. The third-order valence-electron chi connectivity index (χ3n) is 2.84. The molecular weight excluding hydrogens is 312 g/mol. The maximum atomic E-state index is 12.2. The summed E-state index contributed by atoms with van der Waals surface area (Å²) in [4.78, 5) is 12.0. The van der Waals surface area contributed by atoms with E-state index in [1.165, 1.54) is 0 Å². The van der Waals surface area contributed by atoms with Gasteiger partial charge in [-0.05, 0) is 31.5 Å². The number of carbonyl (C=O) groups excluding carboxylic acids is 1. The Hall–Kier alpha value is -1.66. The van der Waals surface area contributed by atoms with Gasteiger partial charge >= 0.3 is 0 Å². The van der Waals surface area contributed by atoms with E-state index in [2.05, 4.69) is 10.5 Å².